The van der Waals surface area contributed by atoms with Crippen molar-refractivity contribution in [1.29, 1.82) is 0 Å². The van der Waals surface area contributed by atoms with E-state index >= 15 is 0 Å². The van der Waals surface area contributed by atoms with E-state index in [1.807, 2.05) is 4.90 Å². The molecule has 0 fully saturated rings. The average molecular weight is 720 g/mol. The average Bonchev–Trinajstić information content (AvgIpc) is 3.65. The van der Waals surface area contributed by atoms with Crippen LogP contribution in [0.2, 0.25) is 0 Å². The first-order valence-corrected chi connectivity index (χ1v) is 18.7. The molecular formula is C41H41N11S. The summed E-state index contributed by atoms with van der Waals surface area (Å²) in [5.41, 5.74) is 8.49. The van der Waals surface area contributed by atoms with Gasteiger partial charge in [0.1, 0.15) is 11.7 Å². The maximum absolute atomic E-state index is 5.29. The predicted octanol–water partition coefficient (Wildman–Crippen LogP) is 7.46. The maximum atomic E-state index is 5.29. The highest BCUT2D eigenvalue weighted by atomic mass is 32.2. The summed E-state index contributed by atoms with van der Waals surface area (Å²) in [6.07, 6.45) is 6.27. The smallest absolute Gasteiger partial charge is 0.243 e. The van der Waals surface area contributed by atoms with E-state index in [1.54, 1.807) is 11.8 Å². The van der Waals surface area contributed by atoms with Crippen molar-refractivity contribution in [3.05, 3.63) is 95.7 Å². The Morgan fingerprint density at radius 1 is 0.453 bits per heavy atom. The number of fused-ring (bicyclic) bond motifs is 6. The van der Waals surface area contributed by atoms with Crippen LogP contribution in [0.5, 0.6) is 0 Å². The molecule has 4 aromatic carbocycles. The molecule has 5 heterocycles. The SMILES string of the molecule is CSC1=CC2=NC(n3c4cc(N(C)C)ccc4c4ccc(N(C)C)cc43)=NC3=NC(n4c5cc(N(C)C)ccc5c5ccc(N(C)C)cc54)=NC(=C1)N23. The van der Waals surface area contributed by atoms with Crippen molar-refractivity contribution in [3.63, 3.8) is 0 Å². The Kier molecular flexibility index (Phi) is 7.46. The van der Waals surface area contributed by atoms with Gasteiger partial charge < -0.3 is 19.6 Å². The Labute approximate surface area is 312 Å². The number of aromatic nitrogens is 2. The molecule has 0 aliphatic carbocycles. The number of thioether (sulfide) groups is 1. The van der Waals surface area contributed by atoms with Gasteiger partial charge in [-0.1, -0.05) is 24.3 Å². The highest BCUT2D eigenvalue weighted by Gasteiger charge is 2.34. The van der Waals surface area contributed by atoms with E-state index in [9.17, 15) is 0 Å². The van der Waals surface area contributed by atoms with Gasteiger partial charge in [0, 0.05) is 106 Å². The van der Waals surface area contributed by atoms with E-state index in [0.717, 1.165) is 82.9 Å². The first-order chi connectivity index (χ1) is 25.5. The monoisotopic (exact) mass is 719 g/mol. The number of amidine groups is 1. The number of nitrogens with zero attached hydrogens (tertiary/aromatic N) is 11. The van der Waals surface area contributed by atoms with Crippen molar-refractivity contribution >= 4 is 102 Å². The largest absolute Gasteiger partial charge is 0.378 e. The number of aliphatic imine (C=N–C) groups is 4. The number of benzene rings is 4. The number of anilines is 4. The molecule has 0 saturated heterocycles. The highest BCUT2D eigenvalue weighted by Crippen LogP contribution is 2.38. The molecule has 0 saturated carbocycles. The van der Waals surface area contributed by atoms with Crippen LogP contribution >= 0.6 is 11.8 Å². The Morgan fingerprint density at radius 2 is 0.830 bits per heavy atom. The van der Waals surface area contributed by atoms with Crippen LogP contribution in [0.1, 0.15) is 0 Å². The summed E-state index contributed by atoms with van der Waals surface area (Å²) in [5.74, 6) is 3.07. The quantitative estimate of drug-likeness (QED) is 0.184. The van der Waals surface area contributed by atoms with Gasteiger partial charge in [-0.05, 0) is 66.9 Å². The van der Waals surface area contributed by atoms with Gasteiger partial charge in [-0.25, -0.2) is 4.90 Å². The van der Waals surface area contributed by atoms with Crippen molar-refractivity contribution in [2.24, 2.45) is 20.0 Å². The summed E-state index contributed by atoms with van der Waals surface area (Å²) < 4.78 is 4.36. The minimum atomic E-state index is 0.516. The first-order valence-electron chi connectivity index (χ1n) is 17.5. The van der Waals surface area contributed by atoms with Crippen LogP contribution in [0, 0.1) is 0 Å². The van der Waals surface area contributed by atoms with Crippen molar-refractivity contribution in [1.82, 2.24) is 14.0 Å². The van der Waals surface area contributed by atoms with Crippen LogP contribution in [0.15, 0.2) is 116 Å². The first kappa shape index (κ1) is 32.9. The molecule has 3 aliphatic heterocycles. The highest BCUT2D eigenvalue weighted by molar-refractivity contribution is 8.02. The van der Waals surface area contributed by atoms with Crippen LogP contribution in [0.25, 0.3) is 43.6 Å². The Bertz CT molecular complexity index is 2460. The fourth-order valence-corrected chi connectivity index (χ4v) is 7.77. The molecule has 0 radical (unpaired) electrons. The molecule has 0 unspecified atom stereocenters. The van der Waals surface area contributed by atoms with Gasteiger partial charge in [-0.15, -0.1) is 11.8 Å². The van der Waals surface area contributed by atoms with Gasteiger partial charge in [0.25, 0.3) is 0 Å². The third-order valence-electron chi connectivity index (χ3n) is 10.2. The molecule has 9 rings (SSSR count). The number of hydrogen-bond donors (Lipinski definition) is 0. The topological polar surface area (TPSA) is 75.5 Å². The maximum Gasteiger partial charge on any atom is 0.243 e. The summed E-state index contributed by atoms with van der Waals surface area (Å²) in [4.78, 5) is 32.6. The second kappa shape index (κ2) is 12.0. The van der Waals surface area contributed by atoms with Crippen molar-refractivity contribution in [3.8, 4) is 0 Å². The lowest BCUT2D eigenvalue weighted by Crippen LogP contribution is -2.43. The zero-order valence-corrected chi connectivity index (χ0v) is 32.2. The third kappa shape index (κ3) is 5.11. The lowest BCUT2D eigenvalue weighted by molar-refractivity contribution is 0.704. The standard InChI is InChI=1S/C41H41N11S/c1-46(2)24-10-14-29-30-15-11-25(47(3)4)19-34(30)50(33(29)18-24)39-42-37-22-28(53-9)23-38-43-40(45-41(44-39)52(37)38)51-35-20-26(48(5)6)12-16-31(35)32-17-13-27(49(7)8)21-36(32)51/h10-23H,1-9H3. The van der Waals surface area contributed by atoms with E-state index < -0.39 is 0 Å². The van der Waals surface area contributed by atoms with Crippen LogP contribution in [0.3, 0.4) is 0 Å². The Morgan fingerprint density at radius 3 is 1.21 bits per heavy atom. The molecule has 0 spiro atoms. The van der Waals surface area contributed by atoms with Gasteiger partial charge in [-0.2, -0.15) is 20.0 Å². The zero-order chi connectivity index (χ0) is 36.9. The van der Waals surface area contributed by atoms with E-state index in [4.69, 9.17) is 20.0 Å². The number of hydrogen-bond acceptors (Lipinski definition) is 10. The molecule has 0 N–H and O–H groups in total. The molecule has 0 atom stereocenters. The third-order valence-corrected chi connectivity index (χ3v) is 10.9. The van der Waals surface area contributed by atoms with Crippen LogP contribution in [0.4, 0.5) is 22.7 Å². The van der Waals surface area contributed by atoms with Gasteiger partial charge in [0.2, 0.25) is 17.9 Å². The lowest BCUT2D eigenvalue weighted by atomic mass is 10.1. The fraction of sp³-hybridized carbons (Fsp3) is 0.220. The molecular weight excluding hydrogens is 679 g/mol. The van der Waals surface area contributed by atoms with E-state index in [2.05, 4.69) is 176 Å². The second-order valence-corrected chi connectivity index (χ2v) is 15.2. The molecule has 3 aliphatic rings. The molecule has 2 aromatic heterocycles. The van der Waals surface area contributed by atoms with Crippen molar-refractivity contribution in [2.75, 3.05) is 82.2 Å². The molecule has 12 heteroatoms. The second-order valence-electron chi connectivity index (χ2n) is 14.3. The molecule has 0 amide bonds. The lowest BCUT2D eigenvalue weighted by Gasteiger charge is -2.32. The Hall–Kier alpha value is -6.01. The molecule has 266 valence electrons. The fourth-order valence-electron chi connectivity index (χ4n) is 7.32. The Balaban J connectivity index is 1.33. The number of guanidine groups is 1. The molecule has 53 heavy (non-hydrogen) atoms. The minimum absolute atomic E-state index is 0.516. The van der Waals surface area contributed by atoms with Gasteiger partial charge >= 0.3 is 0 Å². The summed E-state index contributed by atoms with van der Waals surface area (Å²) in [7, 11) is 16.5. The summed E-state index contributed by atoms with van der Waals surface area (Å²) in [5, 5.41) is 4.55. The van der Waals surface area contributed by atoms with Gasteiger partial charge in [0.05, 0.1) is 22.1 Å². The molecule has 6 aromatic rings. The molecule has 0 bridgehead atoms. The van der Waals surface area contributed by atoms with Gasteiger partial charge in [0.15, 0.2) is 0 Å². The van der Waals surface area contributed by atoms with Crippen LogP contribution < -0.4 is 19.6 Å². The number of rotatable bonds is 5. The van der Waals surface area contributed by atoms with Crippen LogP contribution in [-0.2, 0) is 0 Å². The summed E-state index contributed by atoms with van der Waals surface area (Å²) >= 11 is 1.67. The van der Waals surface area contributed by atoms with Gasteiger partial charge in [-0.3, -0.25) is 9.13 Å². The zero-order valence-electron chi connectivity index (χ0n) is 31.4. The number of allylic oxidation sites excluding steroid dienone is 1. The normalized spacial score (nSPS) is 15.2. The van der Waals surface area contributed by atoms with Crippen molar-refractivity contribution in [2.45, 2.75) is 0 Å². The predicted molar refractivity (Wildman–Crippen MR) is 228 cm³/mol. The summed E-state index contributed by atoms with van der Waals surface area (Å²) in [6.45, 7) is 0. The van der Waals surface area contributed by atoms with Crippen molar-refractivity contribution < 1.29 is 0 Å². The molecule has 11 nitrogen and oxygen atoms in total. The minimum Gasteiger partial charge on any atom is -0.378 e. The van der Waals surface area contributed by atoms with E-state index in [0.29, 0.717) is 17.9 Å². The van der Waals surface area contributed by atoms with E-state index in [1.165, 1.54) is 0 Å². The summed E-state index contributed by atoms with van der Waals surface area (Å²) in [6, 6.07) is 26.3. The van der Waals surface area contributed by atoms with E-state index in [-0.39, 0.29) is 0 Å². The van der Waals surface area contributed by atoms with Crippen LogP contribution in [-0.4, -0.2) is 100 Å².